The number of ether oxygens (including phenoxy) is 4. The first-order valence-corrected chi connectivity index (χ1v) is 20.0. The number of aromatic nitrogens is 1. The molecule has 0 unspecified atom stereocenters. The highest BCUT2D eigenvalue weighted by atomic mass is 16.6. The number of ketones is 2. The van der Waals surface area contributed by atoms with E-state index < -0.39 is 11.2 Å². The zero-order valence-electron chi connectivity index (χ0n) is 36.1. The van der Waals surface area contributed by atoms with Crippen LogP contribution in [0.25, 0.3) is 10.9 Å². The fourth-order valence-electron chi connectivity index (χ4n) is 5.63. The van der Waals surface area contributed by atoms with Crippen LogP contribution in [0.2, 0.25) is 0 Å². The summed E-state index contributed by atoms with van der Waals surface area (Å²) in [6.07, 6.45) is 4.74. The molecule has 2 aromatic rings. The maximum atomic E-state index is 12.0. The molecule has 1 aromatic carbocycles. The molecule has 0 aliphatic heterocycles. The number of nitrogens with zero attached hydrogens (tertiary/aromatic N) is 3. The second-order valence-corrected chi connectivity index (χ2v) is 15.0. The van der Waals surface area contributed by atoms with Crippen molar-refractivity contribution in [3.8, 4) is 0 Å². The van der Waals surface area contributed by atoms with Gasteiger partial charge >= 0.3 is 12.2 Å². The number of pyridine rings is 1. The Bertz CT molecular complexity index is 1450. The van der Waals surface area contributed by atoms with Crippen LogP contribution in [0.15, 0.2) is 30.3 Å². The van der Waals surface area contributed by atoms with Crippen molar-refractivity contribution >= 4 is 47.6 Å². The summed E-state index contributed by atoms with van der Waals surface area (Å²) >= 11 is 0. The van der Waals surface area contributed by atoms with Gasteiger partial charge in [-0.15, -0.1) is 0 Å². The van der Waals surface area contributed by atoms with Gasteiger partial charge in [-0.3, -0.25) is 24.2 Å². The minimum Gasteiger partial charge on any atom is -0.460 e. The number of hydrogen-bond acceptors (Lipinski definition) is 11. The van der Waals surface area contributed by atoms with E-state index in [1.165, 1.54) is 0 Å². The summed E-state index contributed by atoms with van der Waals surface area (Å²) < 4.78 is 19.5. The van der Waals surface area contributed by atoms with Crippen LogP contribution in [0.5, 0.6) is 0 Å². The fraction of sp³-hybridized carbons (Fsp3) is 0.651. The van der Waals surface area contributed by atoms with Gasteiger partial charge < -0.3 is 28.7 Å². The first kappa shape index (κ1) is 51.5. The third kappa shape index (κ3) is 20.4. The second kappa shape index (κ2) is 27.1. The largest absolute Gasteiger partial charge is 0.460 e. The van der Waals surface area contributed by atoms with Crippen LogP contribution in [-0.4, -0.2) is 102 Å². The third-order valence-corrected chi connectivity index (χ3v) is 8.26. The van der Waals surface area contributed by atoms with Gasteiger partial charge in [0.2, 0.25) is 0 Å². The van der Waals surface area contributed by atoms with Crippen LogP contribution >= 0.6 is 0 Å². The summed E-state index contributed by atoms with van der Waals surface area (Å²) in [6, 6.07) is 9.10. The molecule has 13 heteroatoms. The van der Waals surface area contributed by atoms with Gasteiger partial charge in [0.15, 0.2) is 18.2 Å². The first-order chi connectivity index (χ1) is 26.4. The molecule has 0 N–H and O–H groups in total. The summed E-state index contributed by atoms with van der Waals surface area (Å²) in [5.74, 6) is -0.0612. The maximum Gasteiger partial charge on any atom is 0.410 e. The molecule has 1 aliphatic carbocycles. The number of fused-ring (bicyclic) bond motifs is 1. The monoisotopic (exact) mass is 787 g/mol. The van der Waals surface area contributed by atoms with Gasteiger partial charge in [0, 0.05) is 54.7 Å². The van der Waals surface area contributed by atoms with E-state index in [0.29, 0.717) is 25.1 Å². The highest BCUT2D eigenvalue weighted by Gasteiger charge is 2.28. The summed E-state index contributed by atoms with van der Waals surface area (Å²) in [4.78, 5) is 75.5. The Labute approximate surface area is 335 Å². The molecule has 2 amide bonds. The van der Waals surface area contributed by atoms with E-state index in [9.17, 15) is 28.8 Å². The van der Waals surface area contributed by atoms with Gasteiger partial charge in [-0.1, -0.05) is 33.8 Å². The van der Waals surface area contributed by atoms with Crippen molar-refractivity contribution in [2.75, 3.05) is 39.4 Å². The molecule has 3 rings (SSSR count). The Hall–Kier alpha value is -4.55. The van der Waals surface area contributed by atoms with Crippen molar-refractivity contribution in [1.82, 2.24) is 14.8 Å². The Morgan fingerprint density at radius 2 is 1.20 bits per heavy atom. The number of Topliss-reactive ketones (excluding diaryl/α,β-unsaturated/α-hetero) is 2. The second-order valence-electron chi connectivity index (χ2n) is 15.0. The van der Waals surface area contributed by atoms with Crippen LogP contribution in [0.1, 0.15) is 144 Å². The van der Waals surface area contributed by atoms with Crippen LogP contribution in [0.4, 0.5) is 9.59 Å². The van der Waals surface area contributed by atoms with Gasteiger partial charge in [-0.2, -0.15) is 0 Å². The molecule has 1 heterocycles. The van der Waals surface area contributed by atoms with Gasteiger partial charge in [-0.05, 0) is 118 Å². The highest BCUT2D eigenvalue weighted by molar-refractivity contribution is 6.00. The predicted octanol–water partition coefficient (Wildman–Crippen LogP) is 8.94. The van der Waals surface area contributed by atoms with Crippen molar-refractivity contribution in [3.05, 3.63) is 41.6 Å². The van der Waals surface area contributed by atoms with Crippen molar-refractivity contribution in [2.24, 2.45) is 5.92 Å². The lowest BCUT2D eigenvalue weighted by Gasteiger charge is -2.27. The summed E-state index contributed by atoms with van der Waals surface area (Å²) in [6.45, 7) is 26.4. The van der Waals surface area contributed by atoms with Gasteiger partial charge in [0.05, 0.1) is 5.52 Å². The molecule has 0 saturated heterocycles. The topological polar surface area (TPSA) is 159 Å². The molecule has 13 nitrogen and oxygen atoms in total. The van der Waals surface area contributed by atoms with Crippen molar-refractivity contribution < 1.29 is 47.7 Å². The van der Waals surface area contributed by atoms with Crippen LogP contribution < -0.4 is 0 Å². The van der Waals surface area contributed by atoms with Crippen LogP contribution in [0.3, 0.4) is 0 Å². The van der Waals surface area contributed by atoms with Gasteiger partial charge in [0.25, 0.3) is 12.9 Å². The maximum absolute atomic E-state index is 12.0. The quantitative estimate of drug-likeness (QED) is 0.0964. The zero-order valence-corrected chi connectivity index (χ0v) is 36.1. The lowest BCUT2D eigenvalue weighted by Crippen LogP contribution is -2.37. The molecule has 1 aliphatic rings. The number of carbonyl (C=O) groups excluding carboxylic acids is 6. The number of benzene rings is 1. The molecule has 0 radical (unpaired) electrons. The molecule has 0 atom stereocenters. The predicted molar refractivity (Wildman–Crippen MR) is 219 cm³/mol. The normalized spacial score (nSPS) is 14.8. The van der Waals surface area contributed by atoms with E-state index in [0.717, 1.165) is 68.2 Å². The van der Waals surface area contributed by atoms with E-state index in [-0.39, 0.29) is 55.3 Å². The average molecular weight is 788 g/mol. The van der Waals surface area contributed by atoms with E-state index in [2.05, 4.69) is 9.47 Å². The van der Waals surface area contributed by atoms with Crippen molar-refractivity contribution in [2.45, 2.75) is 139 Å². The summed E-state index contributed by atoms with van der Waals surface area (Å²) in [5, 5.41) is 0.843. The third-order valence-electron chi connectivity index (χ3n) is 8.26. The minimum atomic E-state index is -0.391. The van der Waals surface area contributed by atoms with E-state index in [1.807, 2.05) is 95.2 Å². The molecular weight excluding hydrogens is 718 g/mol. The Morgan fingerprint density at radius 3 is 1.62 bits per heavy atom. The molecule has 0 bridgehead atoms. The first-order valence-electron chi connectivity index (χ1n) is 20.0. The lowest BCUT2D eigenvalue weighted by atomic mass is 9.78. The van der Waals surface area contributed by atoms with Gasteiger partial charge in [-0.25, -0.2) is 9.59 Å². The molecular formula is C43H69N3O10. The summed E-state index contributed by atoms with van der Waals surface area (Å²) in [7, 11) is 0. The van der Waals surface area contributed by atoms with E-state index in [4.69, 9.17) is 14.5 Å². The lowest BCUT2D eigenvalue weighted by molar-refractivity contribution is -0.138. The Balaban J connectivity index is 0.000000906. The number of hydrogen-bond donors (Lipinski definition) is 0. The smallest absolute Gasteiger partial charge is 0.410 e. The molecule has 316 valence electrons. The Morgan fingerprint density at radius 1 is 0.714 bits per heavy atom. The Kier molecular flexibility index (Phi) is 24.9. The zero-order chi connectivity index (χ0) is 42.9. The van der Waals surface area contributed by atoms with E-state index in [1.54, 1.807) is 28.0 Å². The van der Waals surface area contributed by atoms with Crippen LogP contribution in [-0.2, 0) is 33.3 Å². The van der Waals surface area contributed by atoms with Crippen molar-refractivity contribution in [3.63, 3.8) is 0 Å². The highest BCUT2D eigenvalue weighted by Crippen LogP contribution is 2.36. The molecule has 1 aromatic heterocycles. The fourth-order valence-corrected chi connectivity index (χ4v) is 5.63. The number of amides is 2. The van der Waals surface area contributed by atoms with Crippen LogP contribution in [0, 0.1) is 5.92 Å². The van der Waals surface area contributed by atoms with Gasteiger partial charge in [0.1, 0.15) is 17.8 Å². The molecule has 0 spiro atoms. The molecule has 1 saturated carbocycles. The van der Waals surface area contributed by atoms with E-state index >= 15 is 0 Å². The summed E-state index contributed by atoms with van der Waals surface area (Å²) in [5.41, 5.74) is 1.46. The average Bonchev–Trinajstić information content (AvgIpc) is 3.16. The minimum absolute atomic E-state index is 0.0206. The van der Waals surface area contributed by atoms with Crippen molar-refractivity contribution in [1.29, 1.82) is 0 Å². The molecule has 1 fully saturated rings. The molecule has 56 heavy (non-hydrogen) atoms. The number of rotatable bonds is 15. The standard InChI is InChI=1S/C21H21NO6.2C10H21NO2.C2H6/c23-12-27-10-20(25)15-3-1-14(2-4-15)18-7-5-16-9-17(6-8-19(16)22-18)21(26)11-28-13-24;2*1-6-8-11(7-2)9(12)13-10(3,4)5;1-2/h5-9,12-15H,1-4,10-11H2;2*6-8H2,1-5H3;1-2H3. The SMILES string of the molecule is CC.CCCN(CC)C(=O)OC(C)(C)C.CCCN(CC)C(=O)OC(C)(C)C.O=COCC(=O)c1ccc2nc(C3CCC(C(=O)COC=O)CC3)ccc2c1. The number of carbonyl (C=O) groups is 6.